The van der Waals surface area contributed by atoms with Crippen LogP contribution in [0.1, 0.15) is 19.2 Å². The van der Waals surface area contributed by atoms with Crippen LogP contribution in [0.15, 0.2) is 18.2 Å². The summed E-state index contributed by atoms with van der Waals surface area (Å²) < 4.78 is 6.81. The second-order valence-electron chi connectivity index (χ2n) is 4.00. The van der Waals surface area contributed by atoms with Crippen molar-refractivity contribution in [1.82, 2.24) is 25.5 Å². The maximum absolute atomic E-state index is 6.19. The Morgan fingerprint density at radius 1 is 1.42 bits per heavy atom. The quantitative estimate of drug-likeness (QED) is 0.818. The van der Waals surface area contributed by atoms with Crippen molar-refractivity contribution in [3.05, 3.63) is 29.0 Å². The molecule has 6 nitrogen and oxygen atoms in total. The largest absolute Gasteiger partial charge is 0.497 e. The van der Waals surface area contributed by atoms with Gasteiger partial charge in [0, 0.05) is 6.07 Å². The van der Waals surface area contributed by atoms with Crippen LogP contribution in [0, 0.1) is 0 Å². The van der Waals surface area contributed by atoms with Gasteiger partial charge in [0.25, 0.3) is 0 Å². The molecule has 0 spiro atoms. The average Bonchev–Trinajstić information content (AvgIpc) is 2.88. The van der Waals surface area contributed by atoms with Crippen LogP contribution in [-0.4, -0.2) is 33.9 Å². The van der Waals surface area contributed by atoms with Gasteiger partial charge >= 0.3 is 0 Å². The highest BCUT2D eigenvalue weighted by atomic mass is 35.5. The summed E-state index contributed by atoms with van der Waals surface area (Å²) in [6, 6.07) is 5.37. The van der Waals surface area contributed by atoms with E-state index in [0.717, 1.165) is 13.0 Å². The van der Waals surface area contributed by atoms with E-state index in [1.165, 1.54) is 0 Å². The summed E-state index contributed by atoms with van der Waals surface area (Å²) >= 11 is 6.19. The van der Waals surface area contributed by atoms with Crippen molar-refractivity contribution in [2.45, 2.75) is 19.9 Å². The molecular weight excluding hydrogens is 266 g/mol. The first-order valence-electron chi connectivity index (χ1n) is 6.08. The SMILES string of the molecule is CCCNCc1nnnn1-c1cc(OC)ccc1Cl. The molecule has 0 radical (unpaired) electrons. The smallest absolute Gasteiger partial charge is 0.170 e. The van der Waals surface area contributed by atoms with E-state index in [4.69, 9.17) is 16.3 Å². The Kier molecular flexibility index (Phi) is 4.70. The second kappa shape index (κ2) is 6.49. The van der Waals surface area contributed by atoms with Crippen molar-refractivity contribution in [2.75, 3.05) is 13.7 Å². The first kappa shape index (κ1) is 13.8. The lowest BCUT2D eigenvalue weighted by Gasteiger charge is -2.09. The Balaban J connectivity index is 2.28. The first-order chi connectivity index (χ1) is 9.26. The molecule has 0 unspecified atom stereocenters. The highest BCUT2D eigenvalue weighted by Gasteiger charge is 2.12. The van der Waals surface area contributed by atoms with Gasteiger partial charge in [0.05, 0.1) is 24.4 Å². The van der Waals surface area contributed by atoms with E-state index in [2.05, 4.69) is 27.8 Å². The summed E-state index contributed by atoms with van der Waals surface area (Å²) in [7, 11) is 1.61. The number of hydrogen-bond donors (Lipinski definition) is 1. The second-order valence-corrected chi connectivity index (χ2v) is 4.41. The standard InChI is InChI=1S/C12H16ClN5O/c1-3-6-14-8-12-15-16-17-18(12)11-7-9(19-2)4-5-10(11)13/h4-5,7,14H,3,6,8H2,1-2H3. The molecule has 1 aromatic heterocycles. The number of ether oxygens (including phenoxy) is 1. The Bertz CT molecular complexity index is 543. The van der Waals surface area contributed by atoms with Gasteiger partial charge in [-0.3, -0.25) is 0 Å². The highest BCUT2D eigenvalue weighted by Crippen LogP contribution is 2.25. The van der Waals surface area contributed by atoms with Gasteiger partial charge in [-0.05, 0) is 35.5 Å². The molecule has 0 saturated heterocycles. The molecule has 1 heterocycles. The van der Waals surface area contributed by atoms with Crippen molar-refractivity contribution in [1.29, 1.82) is 0 Å². The Morgan fingerprint density at radius 3 is 3.00 bits per heavy atom. The molecule has 0 bridgehead atoms. The molecule has 1 aromatic carbocycles. The molecule has 1 N–H and O–H groups in total. The Morgan fingerprint density at radius 2 is 2.26 bits per heavy atom. The molecule has 2 aromatic rings. The molecule has 19 heavy (non-hydrogen) atoms. The number of aromatic nitrogens is 4. The first-order valence-corrected chi connectivity index (χ1v) is 6.46. The van der Waals surface area contributed by atoms with Crippen molar-refractivity contribution in [2.24, 2.45) is 0 Å². The number of methoxy groups -OCH3 is 1. The summed E-state index contributed by atoms with van der Waals surface area (Å²) in [4.78, 5) is 0. The predicted molar refractivity (Wildman–Crippen MR) is 72.7 cm³/mol. The zero-order chi connectivity index (χ0) is 13.7. The number of rotatable bonds is 6. The third-order valence-electron chi connectivity index (χ3n) is 2.63. The van der Waals surface area contributed by atoms with E-state index in [1.807, 2.05) is 6.07 Å². The molecule has 0 amide bonds. The Hall–Kier alpha value is -1.66. The number of benzene rings is 1. The van der Waals surface area contributed by atoms with E-state index >= 15 is 0 Å². The van der Waals surface area contributed by atoms with Crippen LogP contribution in [-0.2, 0) is 6.54 Å². The molecule has 102 valence electrons. The van der Waals surface area contributed by atoms with Crippen LogP contribution in [0.2, 0.25) is 5.02 Å². The fourth-order valence-electron chi connectivity index (χ4n) is 1.66. The number of halogens is 1. The maximum Gasteiger partial charge on any atom is 0.170 e. The lowest BCUT2D eigenvalue weighted by molar-refractivity contribution is 0.414. The van der Waals surface area contributed by atoms with Gasteiger partial charge in [0.2, 0.25) is 0 Å². The minimum absolute atomic E-state index is 0.574. The molecule has 2 rings (SSSR count). The fraction of sp³-hybridized carbons (Fsp3) is 0.417. The lowest BCUT2D eigenvalue weighted by atomic mass is 10.3. The van der Waals surface area contributed by atoms with Gasteiger partial charge in [0.1, 0.15) is 5.75 Å². The van der Waals surface area contributed by atoms with Crippen LogP contribution >= 0.6 is 11.6 Å². The molecule has 0 aliphatic rings. The molecule has 0 aliphatic carbocycles. The molecule has 0 aliphatic heterocycles. The highest BCUT2D eigenvalue weighted by molar-refractivity contribution is 6.32. The van der Waals surface area contributed by atoms with Gasteiger partial charge < -0.3 is 10.1 Å². The average molecular weight is 282 g/mol. The molecule has 0 saturated carbocycles. The maximum atomic E-state index is 6.19. The number of nitrogens with one attached hydrogen (secondary N) is 1. The number of tetrazole rings is 1. The minimum atomic E-state index is 0.574. The lowest BCUT2D eigenvalue weighted by Crippen LogP contribution is -2.17. The molecule has 7 heteroatoms. The van der Waals surface area contributed by atoms with Crippen LogP contribution in [0.4, 0.5) is 0 Å². The van der Waals surface area contributed by atoms with Gasteiger partial charge in [-0.1, -0.05) is 18.5 Å². The molecular formula is C12H16ClN5O. The van der Waals surface area contributed by atoms with E-state index in [1.54, 1.807) is 23.9 Å². The van der Waals surface area contributed by atoms with E-state index in [9.17, 15) is 0 Å². The predicted octanol–water partition coefficient (Wildman–Crippen LogP) is 1.82. The van der Waals surface area contributed by atoms with E-state index < -0.39 is 0 Å². The van der Waals surface area contributed by atoms with Crippen LogP contribution < -0.4 is 10.1 Å². The van der Waals surface area contributed by atoms with Crippen molar-refractivity contribution in [3.8, 4) is 11.4 Å². The van der Waals surface area contributed by atoms with E-state index in [-0.39, 0.29) is 0 Å². The van der Waals surface area contributed by atoms with Crippen molar-refractivity contribution < 1.29 is 4.74 Å². The van der Waals surface area contributed by atoms with Gasteiger partial charge in [0.15, 0.2) is 5.82 Å². The van der Waals surface area contributed by atoms with Gasteiger partial charge in [-0.15, -0.1) is 5.10 Å². The normalized spacial score (nSPS) is 10.7. The van der Waals surface area contributed by atoms with Crippen LogP contribution in [0.5, 0.6) is 5.75 Å². The summed E-state index contributed by atoms with van der Waals surface area (Å²) in [6.45, 7) is 3.61. The summed E-state index contributed by atoms with van der Waals surface area (Å²) in [5.41, 5.74) is 0.708. The third kappa shape index (κ3) is 3.21. The molecule has 0 atom stereocenters. The number of hydrogen-bond acceptors (Lipinski definition) is 5. The van der Waals surface area contributed by atoms with Gasteiger partial charge in [-0.25, -0.2) is 0 Å². The zero-order valence-electron chi connectivity index (χ0n) is 10.9. The van der Waals surface area contributed by atoms with Crippen LogP contribution in [0.25, 0.3) is 5.69 Å². The summed E-state index contributed by atoms with van der Waals surface area (Å²) in [6.07, 6.45) is 1.06. The summed E-state index contributed by atoms with van der Waals surface area (Å²) in [5, 5.41) is 15.5. The Labute approximate surface area is 116 Å². The topological polar surface area (TPSA) is 64.9 Å². The zero-order valence-corrected chi connectivity index (χ0v) is 11.7. The summed E-state index contributed by atoms with van der Waals surface area (Å²) in [5.74, 6) is 1.42. The molecule has 0 fully saturated rings. The fourth-order valence-corrected chi connectivity index (χ4v) is 1.86. The van der Waals surface area contributed by atoms with Gasteiger partial charge in [-0.2, -0.15) is 4.68 Å². The van der Waals surface area contributed by atoms with Crippen molar-refractivity contribution in [3.63, 3.8) is 0 Å². The van der Waals surface area contributed by atoms with E-state index in [0.29, 0.717) is 28.8 Å². The minimum Gasteiger partial charge on any atom is -0.497 e. The number of nitrogens with zero attached hydrogens (tertiary/aromatic N) is 4. The third-order valence-corrected chi connectivity index (χ3v) is 2.95. The monoisotopic (exact) mass is 281 g/mol. The van der Waals surface area contributed by atoms with Crippen molar-refractivity contribution >= 4 is 11.6 Å². The van der Waals surface area contributed by atoms with Crippen LogP contribution in [0.3, 0.4) is 0 Å².